The number of halogens is 1. The molecule has 0 aliphatic rings. The molecule has 33 heavy (non-hydrogen) atoms. The van der Waals surface area contributed by atoms with Crippen molar-refractivity contribution >= 4 is 39.0 Å². The molecule has 1 N–H and O–H groups in total. The van der Waals surface area contributed by atoms with Gasteiger partial charge in [0.1, 0.15) is 22.3 Å². The lowest BCUT2D eigenvalue weighted by Crippen LogP contribution is -2.26. The van der Waals surface area contributed by atoms with Crippen LogP contribution in [0.3, 0.4) is 0 Å². The van der Waals surface area contributed by atoms with Crippen molar-refractivity contribution in [3.63, 3.8) is 0 Å². The van der Waals surface area contributed by atoms with Crippen LogP contribution in [-0.4, -0.2) is 35.4 Å². The van der Waals surface area contributed by atoms with E-state index < -0.39 is 23.3 Å². The zero-order valence-electron chi connectivity index (χ0n) is 17.6. The summed E-state index contributed by atoms with van der Waals surface area (Å²) in [5, 5.41) is 8.72. The number of hydrogen-bond acceptors (Lipinski definition) is 7. The number of aromatic nitrogens is 2. The van der Waals surface area contributed by atoms with Crippen molar-refractivity contribution in [1.82, 2.24) is 9.78 Å². The van der Waals surface area contributed by atoms with Gasteiger partial charge in [0.15, 0.2) is 5.69 Å². The summed E-state index contributed by atoms with van der Waals surface area (Å²) in [5.41, 5.74) is -0.734. The first-order valence-corrected chi connectivity index (χ1v) is 10.7. The van der Waals surface area contributed by atoms with Crippen LogP contribution in [0.1, 0.15) is 27.8 Å². The number of carbonyl (C=O) groups is 2. The number of carbonyl (C=O) groups excluding carboxylic acids is 2. The summed E-state index contributed by atoms with van der Waals surface area (Å²) in [6.07, 6.45) is 0. The molecule has 0 radical (unpaired) electrons. The highest BCUT2D eigenvalue weighted by atomic mass is 32.1. The summed E-state index contributed by atoms with van der Waals surface area (Å²) in [7, 11) is 1.44. The van der Waals surface area contributed by atoms with Gasteiger partial charge in [-0.05, 0) is 31.2 Å². The van der Waals surface area contributed by atoms with Crippen LogP contribution in [0.4, 0.5) is 9.39 Å². The number of nitrogens with zero attached hydrogens (tertiary/aromatic N) is 2. The minimum Gasteiger partial charge on any atom is -0.496 e. The number of amides is 1. The maximum absolute atomic E-state index is 14.5. The molecule has 0 bridgehead atoms. The van der Waals surface area contributed by atoms with Crippen LogP contribution in [0.2, 0.25) is 0 Å². The predicted molar refractivity (Wildman–Crippen MR) is 122 cm³/mol. The van der Waals surface area contributed by atoms with Crippen molar-refractivity contribution < 1.29 is 23.5 Å². The summed E-state index contributed by atoms with van der Waals surface area (Å²) in [5.74, 6) is -1.62. The molecule has 0 spiro atoms. The Kier molecular flexibility index (Phi) is 6.18. The normalized spacial score (nSPS) is 10.8. The highest BCUT2D eigenvalue weighted by Gasteiger charge is 2.24. The van der Waals surface area contributed by atoms with E-state index in [1.165, 1.54) is 30.7 Å². The van der Waals surface area contributed by atoms with Crippen LogP contribution in [0.25, 0.3) is 16.5 Å². The van der Waals surface area contributed by atoms with Crippen LogP contribution in [0, 0.1) is 5.82 Å². The third-order valence-corrected chi connectivity index (χ3v) is 5.68. The lowest BCUT2D eigenvalue weighted by Gasteiger charge is -2.11. The number of hydrogen-bond donors (Lipinski definition) is 1. The first-order valence-electron chi connectivity index (χ1n) is 9.87. The second kappa shape index (κ2) is 9.21. The molecule has 168 valence electrons. The minimum absolute atomic E-state index is 0.0181. The molecule has 2 aromatic heterocycles. The van der Waals surface area contributed by atoms with Gasteiger partial charge in [0.05, 0.1) is 24.7 Å². The van der Waals surface area contributed by atoms with Crippen molar-refractivity contribution in [1.29, 1.82) is 0 Å². The van der Waals surface area contributed by atoms with Crippen LogP contribution in [0.5, 0.6) is 5.75 Å². The Morgan fingerprint density at radius 3 is 2.61 bits per heavy atom. The number of ether oxygens (including phenoxy) is 2. The van der Waals surface area contributed by atoms with Gasteiger partial charge in [-0.15, -0.1) is 11.3 Å². The molecular weight excluding hydrogens is 449 g/mol. The van der Waals surface area contributed by atoms with Gasteiger partial charge < -0.3 is 14.8 Å². The molecule has 4 aromatic rings. The van der Waals surface area contributed by atoms with Crippen molar-refractivity contribution in [2.24, 2.45) is 0 Å². The summed E-state index contributed by atoms with van der Waals surface area (Å²) in [6.45, 7) is 1.72. The van der Waals surface area contributed by atoms with Crippen molar-refractivity contribution in [2.45, 2.75) is 6.92 Å². The Morgan fingerprint density at radius 2 is 1.88 bits per heavy atom. The molecule has 0 saturated heterocycles. The quantitative estimate of drug-likeness (QED) is 0.430. The van der Waals surface area contributed by atoms with Crippen molar-refractivity contribution in [2.75, 3.05) is 19.0 Å². The number of nitrogens with one attached hydrogen (secondary N) is 1. The van der Waals surface area contributed by atoms with Gasteiger partial charge >= 0.3 is 5.97 Å². The highest BCUT2D eigenvalue weighted by molar-refractivity contribution is 7.16. The molecule has 10 heteroatoms. The second-order valence-corrected chi connectivity index (χ2v) is 7.63. The van der Waals surface area contributed by atoms with Crippen LogP contribution in [0.15, 0.2) is 58.7 Å². The fourth-order valence-corrected chi connectivity index (χ4v) is 4.21. The molecule has 2 heterocycles. The van der Waals surface area contributed by atoms with E-state index in [1.54, 1.807) is 37.3 Å². The summed E-state index contributed by atoms with van der Waals surface area (Å²) < 4.78 is 25.6. The van der Waals surface area contributed by atoms with Crippen molar-refractivity contribution in [3.05, 3.63) is 81.3 Å². The number of anilines is 1. The average molecular weight is 467 g/mol. The molecule has 8 nitrogen and oxygen atoms in total. The van der Waals surface area contributed by atoms with E-state index in [0.29, 0.717) is 5.75 Å². The Balaban J connectivity index is 1.91. The molecule has 0 aliphatic heterocycles. The van der Waals surface area contributed by atoms with E-state index in [9.17, 15) is 18.8 Å². The molecule has 2 aromatic carbocycles. The van der Waals surface area contributed by atoms with E-state index in [0.717, 1.165) is 16.0 Å². The number of benzene rings is 2. The summed E-state index contributed by atoms with van der Waals surface area (Å²) in [6, 6.07) is 12.2. The molecular formula is C23H18FN3O5S. The Hall–Kier alpha value is -4.05. The molecule has 0 fully saturated rings. The van der Waals surface area contributed by atoms with E-state index in [2.05, 4.69) is 10.4 Å². The highest BCUT2D eigenvalue weighted by Crippen LogP contribution is 2.32. The molecule has 0 atom stereocenters. The van der Waals surface area contributed by atoms with Gasteiger partial charge in [-0.3, -0.25) is 9.59 Å². The zero-order chi connectivity index (χ0) is 23.5. The molecule has 0 saturated carbocycles. The summed E-state index contributed by atoms with van der Waals surface area (Å²) in [4.78, 5) is 38.8. The average Bonchev–Trinajstić information content (AvgIpc) is 3.24. The minimum atomic E-state index is -0.770. The number of thiophene rings is 1. The first-order chi connectivity index (χ1) is 16.0. The standard InChI is InChI=1S/C23H18FN3O5S/c1-3-32-23(30)19-14-12-33-21(25-20(28)13-8-4-7-11-17(13)31-2)18(14)22(29)27(26-19)16-10-6-5-9-15(16)24/h4-12H,3H2,1-2H3,(H,25,28). The van der Waals surface area contributed by atoms with Gasteiger partial charge in [-0.2, -0.15) is 9.78 Å². The van der Waals surface area contributed by atoms with Crippen LogP contribution in [-0.2, 0) is 4.74 Å². The molecule has 1 amide bonds. The van der Waals surface area contributed by atoms with Crippen LogP contribution >= 0.6 is 11.3 Å². The third-order valence-electron chi connectivity index (χ3n) is 4.78. The third kappa shape index (κ3) is 4.08. The number of methoxy groups -OCH3 is 1. The van der Waals surface area contributed by atoms with E-state index in [1.807, 2.05) is 0 Å². The number of fused-ring (bicyclic) bond motifs is 1. The monoisotopic (exact) mass is 467 g/mol. The topological polar surface area (TPSA) is 99.5 Å². The number of para-hydroxylation sites is 2. The molecule has 0 aliphatic carbocycles. The predicted octanol–water partition coefficient (Wildman–Crippen LogP) is 4.02. The summed E-state index contributed by atoms with van der Waals surface area (Å²) >= 11 is 1.04. The Bertz CT molecular complexity index is 1430. The van der Waals surface area contributed by atoms with Gasteiger partial charge in [-0.1, -0.05) is 24.3 Å². The second-order valence-electron chi connectivity index (χ2n) is 6.75. The lowest BCUT2D eigenvalue weighted by molar-refractivity contribution is 0.0519. The number of esters is 1. The van der Waals surface area contributed by atoms with Gasteiger partial charge in [-0.25, -0.2) is 9.18 Å². The Labute approximate surface area is 191 Å². The van der Waals surface area contributed by atoms with E-state index in [4.69, 9.17) is 9.47 Å². The zero-order valence-corrected chi connectivity index (χ0v) is 18.4. The SMILES string of the molecule is CCOC(=O)c1nn(-c2ccccc2F)c(=O)c2c(NC(=O)c3ccccc3OC)scc12. The van der Waals surface area contributed by atoms with Gasteiger partial charge in [0.25, 0.3) is 11.5 Å². The number of rotatable bonds is 6. The van der Waals surface area contributed by atoms with Crippen molar-refractivity contribution in [3.8, 4) is 11.4 Å². The Morgan fingerprint density at radius 1 is 1.15 bits per heavy atom. The van der Waals surface area contributed by atoms with E-state index >= 15 is 0 Å². The fraction of sp³-hybridized carbons (Fsp3) is 0.130. The maximum Gasteiger partial charge on any atom is 0.359 e. The fourth-order valence-electron chi connectivity index (χ4n) is 3.28. The first kappa shape index (κ1) is 22.2. The maximum atomic E-state index is 14.5. The van der Waals surface area contributed by atoms with Crippen LogP contribution < -0.4 is 15.6 Å². The largest absolute Gasteiger partial charge is 0.496 e. The molecule has 4 rings (SSSR count). The molecule has 0 unspecified atom stereocenters. The van der Waals surface area contributed by atoms with Gasteiger partial charge in [0, 0.05) is 10.8 Å². The smallest absolute Gasteiger partial charge is 0.359 e. The van der Waals surface area contributed by atoms with Gasteiger partial charge in [0.2, 0.25) is 0 Å². The lowest BCUT2D eigenvalue weighted by atomic mass is 10.2. The van der Waals surface area contributed by atoms with E-state index in [-0.39, 0.29) is 39.3 Å².